The SMILES string of the molecule is CC(C)(C)c1cc(NC(=O)Cn2cc(C(=O)O)nn2)on1. The molecule has 0 aromatic carbocycles. The summed E-state index contributed by atoms with van der Waals surface area (Å²) < 4.78 is 6.15. The van der Waals surface area contributed by atoms with Crippen LogP contribution in [0.5, 0.6) is 0 Å². The molecule has 0 aliphatic carbocycles. The van der Waals surface area contributed by atoms with E-state index in [2.05, 4.69) is 20.8 Å². The first-order valence-electron chi connectivity index (χ1n) is 6.16. The monoisotopic (exact) mass is 293 g/mol. The summed E-state index contributed by atoms with van der Waals surface area (Å²) in [5.41, 5.74) is 0.304. The van der Waals surface area contributed by atoms with Crippen molar-refractivity contribution in [3.05, 3.63) is 23.7 Å². The number of rotatable bonds is 4. The molecular formula is C12H15N5O4. The second-order valence-corrected chi connectivity index (χ2v) is 5.48. The van der Waals surface area contributed by atoms with Gasteiger partial charge < -0.3 is 9.63 Å². The molecule has 0 saturated heterocycles. The molecule has 2 aromatic rings. The van der Waals surface area contributed by atoms with E-state index in [1.165, 1.54) is 6.20 Å². The largest absolute Gasteiger partial charge is 0.476 e. The van der Waals surface area contributed by atoms with E-state index < -0.39 is 11.9 Å². The average molecular weight is 293 g/mol. The van der Waals surface area contributed by atoms with Gasteiger partial charge in [0.25, 0.3) is 0 Å². The minimum absolute atomic E-state index is 0.175. The summed E-state index contributed by atoms with van der Waals surface area (Å²) in [7, 11) is 0. The van der Waals surface area contributed by atoms with E-state index >= 15 is 0 Å². The topological polar surface area (TPSA) is 123 Å². The Morgan fingerprint density at radius 1 is 1.43 bits per heavy atom. The molecule has 0 fully saturated rings. The van der Waals surface area contributed by atoms with Gasteiger partial charge in [-0.3, -0.25) is 10.1 Å². The maximum atomic E-state index is 11.8. The van der Waals surface area contributed by atoms with Crippen molar-refractivity contribution in [2.24, 2.45) is 0 Å². The lowest BCUT2D eigenvalue weighted by molar-refractivity contribution is -0.117. The Kier molecular flexibility index (Phi) is 3.74. The van der Waals surface area contributed by atoms with Gasteiger partial charge in [0.2, 0.25) is 11.8 Å². The predicted octanol–water partition coefficient (Wildman–Crippen LogP) is 0.900. The van der Waals surface area contributed by atoms with Gasteiger partial charge in [-0.2, -0.15) is 0 Å². The second kappa shape index (κ2) is 5.35. The number of amides is 1. The van der Waals surface area contributed by atoms with Crippen LogP contribution in [0.15, 0.2) is 16.8 Å². The number of hydrogen-bond acceptors (Lipinski definition) is 6. The quantitative estimate of drug-likeness (QED) is 0.858. The Labute approximate surface area is 119 Å². The van der Waals surface area contributed by atoms with Crippen LogP contribution in [0.3, 0.4) is 0 Å². The first kappa shape index (κ1) is 14.7. The highest BCUT2D eigenvalue weighted by molar-refractivity contribution is 5.89. The van der Waals surface area contributed by atoms with Crippen LogP contribution in [-0.4, -0.2) is 37.1 Å². The minimum Gasteiger partial charge on any atom is -0.476 e. The van der Waals surface area contributed by atoms with Gasteiger partial charge in [0.05, 0.1) is 11.9 Å². The van der Waals surface area contributed by atoms with E-state index in [9.17, 15) is 9.59 Å². The Bertz CT molecular complexity index is 667. The molecule has 0 spiro atoms. The summed E-state index contributed by atoms with van der Waals surface area (Å²) in [5, 5.41) is 22.0. The van der Waals surface area contributed by atoms with E-state index in [4.69, 9.17) is 9.63 Å². The zero-order valence-corrected chi connectivity index (χ0v) is 11.8. The molecule has 112 valence electrons. The molecule has 0 saturated carbocycles. The number of anilines is 1. The number of hydrogen-bond donors (Lipinski definition) is 2. The van der Waals surface area contributed by atoms with Gasteiger partial charge >= 0.3 is 5.97 Å². The molecule has 0 aliphatic heterocycles. The minimum atomic E-state index is -1.20. The molecule has 2 N–H and O–H groups in total. The maximum Gasteiger partial charge on any atom is 0.358 e. The van der Waals surface area contributed by atoms with Gasteiger partial charge in [0.15, 0.2) is 5.69 Å². The number of carboxylic acids is 1. The summed E-state index contributed by atoms with van der Waals surface area (Å²) in [6.07, 6.45) is 1.17. The van der Waals surface area contributed by atoms with Crippen LogP contribution in [-0.2, 0) is 16.8 Å². The van der Waals surface area contributed by atoms with Crippen LogP contribution in [0.1, 0.15) is 37.0 Å². The Balaban J connectivity index is 1.98. The highest BCUT2D eigenvalue weighted by Gasteiger charge is 2.20. The number of carbonyl (C=O) groups is 2. The number of carbonyl (C=O) groups excluding carboxylic acids is 1. The number of nitrogens with one attached hydrogen (secondary N) is 1. The van der Waals surface area contributed by atoms with Gasteiger partial charge in [-0.25, -0.2) is 9.48 Å². The van der Waals surface area contributed by atoms with E-state index in [0.29, 0.717) is 5.69 Å². The lowest BCUT2D eigenvalue weighted by Crippen LogP contribution is -2.19. The number of aromatic carboxylic acids is 1. The molecule has 21 heavy (non-hydrogen) atoms. The Morgan fingerprint density at radius 2 is 2.14 bits per heavy atom. The fourth-order valence-electron chi connectivity index (χ4n) is 1.49. The molecule has 2 aromatic heterocycles. The molecule has 2 rings (SSSR count). The van der Waals surface area contributed by atoms with Crippen LogP contribution in [0, 0.1) is 0 Å². The third kappa shape index (κ3) is 3.65. The molecule has 0 bridgehead atoms. The first-order valence-corrected chi connectivity index (χ1v) is 6.16. The predicted molar refractivity (Wildman–Crippen MR) is 70.8 cm³/mol. The van der Waals surface area contributed by atoms with Crippen LogP contribution in [0.2, 0.25) is 0 Å². The fourth-order valence-corrected chi connectivity index (χ4v) is 1.49. The van der Waals surface area contributed by atoms with Crippen LogP contribution >= 0.6 is 0 Å². The van der Waals surface area contributed by atoms with E-state index in [1.807, 2.05) is 20.8 Å². The van der Waals surface area contributed by atoms with Crippen LogP contribution in [0.4, 0.5) is 5.88 Å². The van der Waals surface area contributed by atoms with Gasteiger partial charge in [-0.15, -0.1) is 5.10 Å². The molecule has 1 amide bonds. The third-order valence-corrected chi connectivity index (χ3v) is 2.60. The third-order valence-electron chi connectivity index (χ3n) is 2.60. The normalized spacial score (nSPS) is 11.4. The van der Waals surface area contributed by atoms with E-state index in [1.54, 1.807) is 6.07 Å². The fraction of sp³-hybridized carbons (Fsp3) is 0.417. The Hall–Kier alpha value is -2.71. The summed E-state index contributed by atoms with van der Waals surface area (Å²) in [4.78, 5) is 22.4. The molecule has 2 heterocycles. The van der Waals surface area contributed by atoms with Crippen molar-refractivity contribution in [3.63, 3.8) is 0 Å². The number of nitrogens with zero attached hydrogens (tertiary/aromatic N) is 4. The zero-order valence-electron chi connectivity index (χ0n) is 11.8. The molecular weight excluding hydrogens is 278 g/mol. The van der Waals surface area contributed by atoms with Crippen LogP contribution in [0.25, 0.3) is 0 Å². The smallest absolute Gasteiger partial charge is 0.358 e. The summed E-state index contributed by atoms with van der Waals surface area (Å²) >= 11 is 0. The van der Waals surface area contributed by atoms with Crippen molar-refractivity contribution in [3.8, 4) is 0 Å². The number of aromatic nitrogens is 4. The van der Waals surface area contributed by atoms with E-state index in [-0.39, 0.29) is 23.5 Å². The molecule has 9 heteroatoms. The highest BCUT2D eigenvalue weighted by atomic mass is 16.5. The maximum absolute atomic E-state index is 11.8. The van der Waals surface area contributed by atoms with Crippen LogP contribution < -0.4 is 5.32 Å². The number of carboxylic acid groups (broad SMARTS) is 1. The highest BCUT2D eigenvalue weighted by Crippen LogP contribution is 2.23. The molecule has 0 radical (unpaired) electrons. The molecule has 0 aliphatic rings. The van der Waals surface area contributed by atoms with Crippen molar-refractivity contribution >= 4 is 17.8 Å². The van der Waals surface area contributed by atoms with Crippen molar-refractivity contribution in [2.45, 2.75) is 32.7 Å². The van der Waals surface area contributed by atoms with Gasteiger partial charge in [-0.1, -0.05) is 31.1 Å². The van der Waals surface area contributed by atoms with Gasteiger partial charge in [0.1, 0.15) is 6.54 Å². The van der Waals surface area contributed by atoms with Gasteiger partial charge in [-0.05, 0) is 0 Å². The molecule has 0 unspecified atom stereocenters. The summed E-state index contributed by atoms with van der Waals surface area (Å²) in [6, 6.07) is 1.64. The molecule has 9 nitrogen and oxygen atoms in total. The summed E-state index contributed by atoms with van der Waals surface area (Å²) in [5.74, 6) is -1.40. The van der Waals surface area contributed by atoms with E-state index in [0.717, 1.165) is 4.68 Å². The second-order valence-electron chi connectivity index (χ2n) is 5.48. The van der Waals surface area contributed by atoms with Crippen molar-refractivity contribution in [1.82, 2.24) is 20.2 Å². The summed E-state index contributed by atoms with van der Waals surface area (Å²) in [6.45, 7) is 5.74. The van der Waals surface area contributed by atoms with Gasteiger partial charge in [0, 0.05) is 11.5 Å². The standard InChI is InChI=1S/C12H15N5O4/c1-12(2,3)8-4-10(21-15-8)13-9(18)6-17-5-7(11(19)20)14-16-17/h4-5H,6H2,1-3H3,(H,13,18)(H,19,20). The lowest BCUT2D eigenvalue weighted by Gasteiger charge is -2.12. The first-order chi connectivity index (χ1) is 9.75. The van der Waals surface area contributed by atoms with Crippen molar-refractivity contribution in [2.75, 3.05) is 5.32 Å². The average Bonchev–Trinajstić information content (AvgIpc) is 2.97. The lowest BCUT2D eigenvalue weighted by atomic mass is 9.92. The molecule has 0 atom stereocenters. The van der Waals surface area contributed by atoms with Crippen molar-refractivity contribution in [1.29, 1.82) is 0 Å². The van der Waals surface area contributed by atoms with Crippen molar-refractivity contribution < 1.29 is 19.2 Å². The Morgan fingerprint density at radius 3 is 2.67 bits per heavy atom. The zero-order chi connectivity index (χ0) is 15.6.